The first-order valence-corrected chi connectivity index (χ1v) is 8.30. The third kappa shape index (κ3) is 5.42. The summed E-state index contributed by atoms with van der Waals surface area (Å²) in [4.78, 5) is 26.9. The largest absolute Gasteiger partial charge is 0.480 e. The third-order valence-electron chi connectivity index (χ3n) is 3.72. The lowest BCUT2D eigenvalue weighted by Gasteiger charge is -2.29. The molecule has 6 heteroatoms. The molecule has 0 atom stereocenters. The van der Waals surface area contributed by atoms with Crippen molar-refractivity contribution >= 4 is 27.8 Å². The highest BCUT2D eigenvalue weighted by Crippen LogP contribution is 2.14. The fourth-order valence-corrected chi connectivity index (χ4v) is 3.13. The van der Waals surface area contributed by atoms with Crippen molar-refractivity contribution in [2.24, 2.45) is 0 Å². The van der Waals surface area contributed by atoms with Gasteiger partial charge in [-0.15, -0.1) is 0 Å². The Bertz CT molecular complexity index is 530. The van der Waals surface area contributed by atoms with Gasteiger partial charge < -0.3 is 10.0 Å². The normalized spacial score (nSPS) is 15.1. The van der Waals surface area contributed by atoms with Crippen LogP contribution in [0.1, 0.15) is 24.8 Å². The lowest BCUT2D eigenvalue weighted by molar-refractivity contribution is -0.140. The zero-order chi connectivity index (χ0) is 15.9. The van der Waals surface area contributed by atoms with Gasteiger partial charge in [0.15, 0.2) is 0 Å². The van der Waals surface area contributed by atoms with Gasteiger partial charge in [0, 0.05) is 24.1 Å². The zero-order valence-electron chi connectivity index (χ0n) is 12.5. The van der Waals surface area contributed by atoms with Crippen LogP contribution in [0.25, 0.3) is 0 Å². The maximum absolute atomic E-state index is 12.3. The molecule has 0 unspecified atom stereocenters. The number of carboxylic acids is 1. The van der Waals surface area contributed by atoms with Crippen LogP contribution in [0.5, 0.6) is 0 Å². The second-order valence-electron chi connectivity index (χ2n) is 5.61. The molecule has 1 aromatic carbocycles. The first-order chi connectivity index (χ1) is 10.5. The van der Waals surface area contributed by atoms with Crippen LogP contribution in [0, 0.1) is 0 Å². The van der Waals surface area contributed by atoms with E-state index < -0.39 is 5.97 Å². The Labute approximate surface area is 139 Å². The van der Waals surface area contributed by atoms with Gasteiger partial charge in [-0.05, 0) is 37.0 Å². The standard InChI is InChI=1S/C16H21BrN2O3/c17-14-6-4-5-13(9-14)10-18(12-16(21)22)11-15(20)19-7-2-1-3-8-19/h4-6,9H,1-3,7-8,10-12H2,(H,21,22). The summed E-state index contributed by atoms with van der Waals surface area (Å²) in [6, 6.07) is 7.71. The number of hydrogen-bond acceptors (Lipinski definition) is 3. The monoisotopic (exact) mass is 368 g/mol. The molecule has 0 bridgehead atoms. The number of carbonyl (C=O) groups is 2. The van der Waals surface area contributed by atoms with E-state index >= 15 is 0 Å². The molecule has 0 aromatic heterocycles. The number of carboxylic acid groups (broad SMARTS) is 1. The maximum Gasteiger partial charge on any atom is 0.317 e. The van der Waals surface area contributed by atoms with Gasteiger partial charge in [-0.3, -0.25) is 14.5 Å². The van der Waals surface area contributed by atoms with E-state index in [0.717, 1.165) is 36.0 Å². The molecule has 5 nitrogen and oxygen atoms in total. The molecule has 1 heterocycles. The summed E-state index contributed by atoms with van der Waals surface area (Å²) in [5.41, 5.74) is 0.988. The fraction of sp³-hybridized carbons (Fsp3) is 0.500. The Kier molecular flexibility index (Phi) is 6.39. The first-order valence-electron chi connectivity index (χ1n) is 7.51. The van der Waals surface area contributed by atoms with Crippen molar-refractivity contribution in [1.29, 1.82) is 0 Å². The molecule has 22 heavy (non-hydrogen) atoms. The summed E-state index contributed by atoms with van der Waals surface area (Å²) in [6.45, 7) is 2.05. The van der Waals surface area contributed by atoms with Crippen LogP contribution in [0.3, 0.4) is 0 Å². The SMILES string of the molecule is O=C(O)CN(CC(=O)N1CCCCC1)Cc1cccc(Br)c1. The number of aliphatic carboxylic acids is 1. The summed E-state index contributed by atoms with van der Waals surface area (Å²) < 4.78 is 0.947. The van der Waals surface area contributed by atoms with Crippen LogP contribution in [0.15, 0.2) is 28.7 Å². The van der Waals surface area contributed by atoms with Crippen molar-refractivity contribution in [3.63, 3.8) is 0 Å². The number of benzene rings is 1. The number of carbonyl (C=O) groups excluding carboxylic acids is 1. The molecular formula is C16H21BrN2O3. The average molecular weight is 369 g/mol. The van der Waals surface area contributed by atoms with E-state index in [1.165, 1.54) is 6.42 Å². The molecule has 1 aliphatic heterocycles. The summed E-state index contributed by atoms with van der Waals surface area (Å²) in [5, 5.41) is 9.06. The smallest absolute Gasteiger partial charge is 0.317 e. The van der Waals surface area contributed by atoms with Crippen LogP contribution >= 0.6 is 15.9 Å². The molecule has 1 aromatic rings. The van der Waals surface area contributed by atoms with Crippen LogP contribution in [0.2, 0.25) is 0 Å². The molecule has 0 radical (unpaired) electrons. The van der Waals surface area contributed by atoms with E-state index in [2.05, 4.69) is 15.9 Å². The molecule has 1 fully saturated rings. The van der Waals surface area contributed by atoms with Gasteiger partial charge in [0.25, 0.3) is 0 Å². The van der Waals surface area contributed by atoms with Gasteiger partial charge in [0.05, 0.1) is 13.1 Å². The number of piperidine rings is 1. The quantitative estimate of drug-likeness (QED) is 0.836. The minimum atomic E-state index is -0.915. The second kappa shape index (κ2) is 8.29. The van der Waals surface area contributed by atoms with E-state index in [1.54, 1.807) is 4.90 Å². The Hall–Kier alpha value is -1.40. The van der Waals surface area contributed by atoms with Gasteiger partial charge in [0.2, 0.25) is 5.91 Å². The van der Waals surface area contributed by atoms with Crippen molar-refractivity contribution in [2.45, 2.75) is 25.8 Å². The molecule has 0 spiro atoms. The van der Waals surface area contributed by atoms with Crippen LogP contribution in [-0.2, 0) is 16.1 Å². The lowest BCUT2D eigenvalue weighted by atomic mass is 10.1. The molecule has 1 amide bonds. The highest BCUT2D eigenvalue weighted by atomic mass is 79.9. The van der Waals surface area contributed by atoms with Crippen molar-refractivity contribution in [1.82, 2.24) is 9.80 Å². The lowest BCUT2D eigenvalue weighted by Crippen LogP contribution is -2.43. The van der Waals surface area contributed by atoms with Crippen molar-refractivity contribution in [3.05, 3.63) is 34.3 Å². The van der Waals surface area contributed by atoms with Crippen LogP contribution in [-0.4, -0.2) is 53.0 Å². The number of rotatable bonds is 6. The van der Waals surface area contributed by atoms with Crippen molar-refractivity contribution in [3.8, 4) is 0 Å². The zero-order valence-corrected chi connectivity index (χ0v) is 14.1. The number of halogens is 1. The minimum Gasteiger partial charge on any atom is -0.480 e. The number of hydrogen-bond donors (Lipinski definition) is 1. The minimum absolute atomic E-state index is 0.0240. The molecule has 2 rings (SSSR count). The third-order valence-corrected chi connectivity index (χ3v) is 4.21. The Morgan fingerprint density at radius 1 is 1.18 bits per heavy atom. The van der Waals surface area contributed by atoms with Crippen LogP contribution < -0.4 is 0 Å². The topological polar surface area (TPSA) is 60.9 Å². The van der Waals surface area contributed by atoms with Crippen molar-refractivity contribution in [2.75, 3.05) is 26.2 Å². The van der Waals surface area contributed by atoms with E-state index in [0.29, 0.717) is 6.54 Å². The van der Waals surface area contributed by atoms with E-state index in [1.807, 2.05) is 29.2 Å². The van der Waals surface area contributed by atoms with Gasteiger partial charge in [-0.1, -0.05) is 28.1 Å². The fourth-order valence-electron chi connectivity index (χ4n) is 2.69. The highest BCUT2D eigenvalue weighted by molar-refractivity contribution is 9.10. The van der Waals surface area contributed by atoms with E-state index in [9.17, 15) is 9.59 Å². The Balaban J connectivity index is 1.99. The summed E-state index contributed by atoms with van der Waals surface area (Å²) in [5.74, 6) is -0.891. The van der Waals surface area contributed by atoms with Gasteiger partial charge in [0.1, 0.15) is 0 Å². The average Bonchev–Trinajstić information content (AvgIpc) is 2.47. The first kappa shape index (κ1) is 17.0. The van der Waals surface area contributed by atoms with E-state index in [-0.39, 0.29) is 19.0 Å². The van der Waals surface area contributed by atoms with Gasteiger partial charge >= 0.3 is 5.97 Å². The van der Waals surface area contributed by atoms with Crippen molar-refractivity contribution < 1.29 is 14.7 Å². The molecule has 120 valence electrons. The molecule has 0 saturated carbocycles. The van der Waals surface area contributed by atoms with Gasteiger partial charge in [-0.25, -0.2) is 0 Å². The molecule has 1 aliphatic rings. The molecular weight excluding hydrogens is 348 g/mol. The molecule has 1 saturated heterocycles. The highest BCUT2D eigenvalue weighted by Gasteiger charge is 2.20. The molecule has 1 N–H and O–H groups in total. The summed E-state index contributed by atoms with van der Waals surface area (Å²) >= 11 is 3.41. The second-order valence-corrected chi connectivity index (χ2v) is 6.53. The van der Waals surface area contributed by atoms with Crippen LogP contribution in [0.4, 0.5) is 0 Å². The molecule has 0 aliphatic carbocycles. The van der Waals surface area contributed by atoms with Gasteiger partial charge in [-0.2, -0.15) is 0 Å². The Morgan fingerprint density at radius 3 is 2.55 bits per heavy atom. The van der Waals surface area contributed by atoms with E-state index in [4.69, 9.17) is 5.11 Å². The number of likely N-dealkylation sites (tertiary alicyclic amines) is 1. The number of nitrogens with zero attached hydrogens (tertiary/aromatic N) is 2. The predicted octanol–water partition coefficient (Wildman–Crippen LogP) is 2.35. The number of amides is 1. The Morgan fingerprint density at radius 2 is 1.91 bits per heavy atom. The predicted molar refractivity (Wildman–Crippen MR) is 87.5 cm³/mol. The summed E-state index contributed by atoms with van der Waals surface area (Å²) in [7, 11) is 0. The summed E-state index contributed by atoms with van der Waals surface area (Å²) in [6.07, 6.45) is 3.24. The maximum atomic E-state index is 12.3.